The summed E-state index contributed by atoms with van der Waals surface area (Å²) in [6.45, 7) is -0.381. The number of rotatable bonds is 8. The summed E-state index contributed by atoms with van der Waals surface area (Å²) in [6, 6.07) is 21.3. The lowest BCUT2D eigenvalue weighted by Crippen LogP contribution is -2.36. The van der Waals surface area contributed by atoms with E-state index >= 15 is 0 Å². The number of hydrogen-bond donors (Lipinski definition) is 1. The molecule has 0 aliphatic carbocycles. The standard InChI is InChI=1S/C21H20N2O4S/c24-21(22-19-10-5-2-6-11-19)17-23(16-20-12-7-14-27-20)28(25,26)15-13-18-8-3-1-4-9-18/h1-15H,16-17H2,(H,22,24)/b15-13+. The molecule has 1 aromatic heterocycles. The van der Waals surface area contributed by atoms with E-state index in [-0.39, 0.29) is 13.1 Å². The highest BCUT2D eigenvalue weighted by Gasteiger charge is 2.23. The van der Waals surface area contributed by atoms with Gasteiger partial charge in [-0.3, -0.25) is 4.79 Å². The van der Waals surface area contributed by atoms with Crippen molar-refractivity contribution < 1.29 is 17.6 Å². The molecule has 1 heterocycles. The molecule has 0 radical (unpaired) electrons. The average Bonchev–Trinajstić information content (AvgIpc) is 3.21. The van der Waals surface area contributed by atoms with Crippen LogP contribution in [-0.2, 0) is 21.4 Å². The summed E-state index contributed by atoms with van der Waals surface area (Å²) in [6.07, 6.45) is 2.96. The van der Waals surface area contributed by atoms with Gasteiger partial charge in [0, 0.05) is 11.1 Å². The third-order valence-electron chi connectivity index (χ3n) is 3.88. The molecule has 0 bridgehead atoms. The van der Waals surface area contributed by atoms with Crippen LogP contribution in [0.1, 0.15) is 11.3 Å². The molecule has 1 amide bonds. The van der Waals surface area contributed by atoms with Crippen LogP contribution >= 0.6 is 0 Å². The van der Waals surface area contributed by atoms with Crippen LogP contribution < -0.4 is 5.32 Å². The van der Waals surface area contributed by atoms with Gasteiger partial charge in [-0.2, -0.15) is 4.31 Å². The van der Waals surface area contributed by atoms with Gasteiger partial charge < -0.3 is 9.73 Å². The van der Waals surface area contributed by atoms with E-state index in [1.54, 1.807) is 48.5 Å². The van der Waals surface area contributed by atoms with Gasteiger partial charge in [0.05, 0.1) is 19.4 Å². The minimum atomic E-state index is -3.85. The fourth-order valence-electron chi connectivity index (χ4n) is 2.51. The number of para-hydroxylation sites is 1. The summed E-state index contributed by atoms with van der Waals surface area (Å²) < 4.78 is 32.0. The zero-order valence-electron chi connectivity index (χ0n) is 15.1. The SMILES string of the molecule is O=C(CN(Cc1ccco1)S(=O)(=O)/C=C/c1ccccc1)Nc1ccccc1. The first-order valence-corrected chi connectivity index (χ1v) is 10.1. The van der Waals surface area contributed by atoms with Crippen molar-refractivity contribution in [3.05, 3.63) is 95.8 Å². The van der Waals surface area contributed by atoms with Crippen molar-refractivity contribution in [2.75, 3.05) is 11.9 Å². The van der Waals surface area contributed by atoms with Crippen LogP contribution in [0.3, 0.4) is 0 Å². The Labute approximate surface area is 164 Å². The van der Waals surface area contributed by atoms with E-state index in [1.807, 2.05) is 24.3 Å². The highest BCUT2D eigenvalue weighted by atomic mass is 32.2. The van der Waals surface area contributed by atoms with E-state index in [0.717, 1.165) is 15.3 Å². The number of furan rings is 1. The molecule has 1 N–H and O–H groups in total. The molecule has 0 saturated carbocycles. The van der Waals surface area contributed by atoms with E-state index in [9.17, 15) is 13.2 Å². The predicted octanol–water partition coefficient (Wildman–Crippen LogP) is 3.72. The second-order valence-corrected chi connectivity index (χ2v) is 7.84. The van der Waals surface area contributed by atoms with E-state index in [4.69, 9.17) is 4.42 Å². The summed E-state index contributed by atoms with van der Waals surface area (Å²) in [4.78, 5) is 12.4. The number of amides is 1. The van der Waals surface area contributed by atoms with Crippen molar-refractivity contribution in [2.24, 2.45) is 0 Å². The van der Waals surface area contributed by atoms with Crippen molar-refractivity contribution in [2.45, 2.75) is 6.54 Å². The minimum absolute atomic E-state index is 0.0450. The monoisotopic (exact) mass is 396 g/mol. The van der Waals surface area contributed by atoms with Gasteiger partial charge in [0.15, 0.2) is 0 Å². The quantitative estimate of drug-likeness (QED) is 0.629. The Balaban J connectivity index is 1.77. The molecule has 2 aromatic carbocycles. The van der Waals surface area contributed by atoms with Crippen LogP contribution in [0.2, 0.25) is 0 Å². The number of anilines is 1. The Morgan fingerprint density at radius 3 is 2.29 bits per heavy atom. The zero-order valence-corrected chi connectivity index (χ0v) is 15.9. The molecule has 3 rings (SSSR count). The smallest absolute Gasteiger partial charge is 0.239 e. The molecule has 0 aliphatic heterocycles. The van der Waals surface area contributed by atoms with Gasteiger partial charge in [-0.25, -0.2) is 8.42 Å². The van der Waals surface area contributed by atoms with Crippen LogP contribution in [-0.4, -0.2) is 25.2 Å². The lowest BCUT2D eigenvalue weighted by atomic mass is 10.2. The number of benzene rings is 2. The first kappa shape index (κ1) is 19.6. The van der Waals surface area contributed by atoms with Crippen LogP contribution in [0.5, 0.6) is 0 Å². The first-order valence-electron chi connectivity index (χ1n) is 8.63. The zero-order chi connectivity index (χ0) is 19.8. The third-order valence-corrected chi connectivity index (χ3v) is 5.34. The molecule has 7 heteroatoms. The van der Waals surface area contributed by atoms with Gasteiger partial charge in [-0.05, 0) is 35.9 Å². The normalized spacial score (nSPS) is 11.8. The Morgan fingerprint density at radius 1 is 0.964 bits per heavy atom. The van der Waals surface area contributed by atoms with Crippen LogP contribution in [0, 0.1) is 0 Å². The lowest BCUT2D eigenvalue weighted by molar-refractivity contribution is -0.116. The summed E-state index contributed by atoms with van der Waals surface area (Å²) >= 11 is 0. The van der Waals surface area contributed by atoms with Gasteiger partial charge >= 0.3 is 0 Å². The number of hydrogen-bond acceptors (Lipinski definition) is 4. The topological polar surface area (TPSA) is 79.6 Å². The molecular formula is C21H20N2O4S. The van der Waals surface area contributed by atoms with Gasteiger partial charge in [-0.15, -0.1) is 0 Å². The Bertz CT molecular complexity index is 1010. The molecule has 6 nitrogen and oxygen atoms in total. The van der Waals surface area contributed by atoms with Crippen LogP contribution in [0.4, 0.5) is 5.69 Å². The Morgan fingerprint density at radius 2 is 1.64 bits per heavy atom. The highest BCUT2D eigenvalue weighted by Crippen LogP contribution is 2.14. The largest absolute Gasteiger partial charge is 0.468 e. The minimum Gasteiger partial charge on any atom is -0.468 e. The molecule has 0 aliphatic rings. The fraction of sp³-hybridized carbons (Fsp3) is 0.0952. The third kappa shape index (κ3) is 5.67. The summed E-state index contributed by atoms with van der Waals surface area (Å²) in [5, 5.41) is 3.80. The Hall–Kier alpha value is -3.16. The number of sulfonamides is 1. The number of carbonyl (C=O) groups excluding carboxylic acids is 1. The average molecular weight is 396 g/mol. The van der Waals surface area contributed by atoms with Gasteiger partial charge in [0.2, 0.25) is 15.9 Å². The number of nitrogens with one attached hydrogen (secondary N) is 1. The molecule has 0 saturated heterocycles. The van der Waals surface area contributed by atoms with Crippen molar-refractivity contribution in [3.8, 4) is 0 Å². The summed E-state index contributed by atoms with van der Waals surface area (Å²) in [7, 11) is -3.85. The molecule has 28 heavy (non-hydrogen) atoms. The maximum absolute atomic E-state index is 12.8. The summed E-state index contributed by atoms with van der Waals surface area (Å²) in [5.41, 5.74) is 1.35. The van der Waals surface area contributed by atoms with Crippen LogP contribution in [0.15, 0.2) is 88.9 Å². The van der Waals surface area contributed by atoms with Crippen LogP contribution in [0.25, 0.3) is 6.08 Å². The Kier molecular flexibility index (Phi) is 6.41. The molecule has 3 aromatic rings. The molecule has 144 valence electrons. The summed E-state index contributed by atoms with van der Waals surface area (Å²) in [5.74, 6) is 0.0126. The van der Waals surface area contributed by atoms with E-state index < -0.39 is 15.9 Å². The van der Waals surface area contributed by atoms with E-state index in [2.05, 4.69) is 5.32 Å². The maximum Gasteiger partial charge on any atom is 0.239 e. The lowest BCUT2D eigenvalue weighted by Gasteiger charge is -2.19. The highest BCUT2D eigenvalue weighted by molar-refractivity contribution is 7.92. The number of carbonyl (C=O) groups is 1. The van der Waals surface area contributed by atoms with Gasteiger partial charge in [-0.1, -0.05) is 48.5 Å². The predicted molar refractivity (Wildman–Crippen MR) is 109 cm³/mol. The van der Waals surface area contributed by atoms with Gasteiger partial charge in [0.1, 0.15) is 5.76 Å². The number of nitrogens with zero attached hydrogens (tertiary/aromatic N) is 1. The van der Waals surface area contributed by atoms with Crippen molar-refractivity contribution in [3.63, 3.8) is 0 Å². The van der Waals surface area contributed by atoms with Gasteiger partial charge in [0.25, 0.3) is 0 Å². The second-order valence-electron chi connectivity index (χ2n) is 6.02. The molecule has 0 atom stereocenters. The first-order chi connectivity index (χ1) is 13.5. The second kappa shape index (κ2) is 9.16. The molecule has 0 spiro atoms. The van der Waals surface area contributed by atoms with Crippen molar-refractivity contribution in [1.29, 1.82) is 0 Å². The molecule has 0 unspecified atom stereocenters. The molecule has 0 fully saturated rings. The molecular weight excluding hydrogens is 376 g/mol. The van der Waals surface area contributed by atoms with E-state index in [1.165, 1.54) is 12.3 Å². The van der Waals surface area contributed by atoms with Crippen molar-refractivity contribution >= 4 is 27.7 Å². The van der Waals surface area contributed by atoms with Crippen molar-refractivity contribution in [1.82, 2.24) is 4.31 Å². The fourth-order valence-corrected chi connectivity index (χ4v) is 3.61. The maximum atomic E-state index is 12.8. The van der Waals surface area contributed by atoms with E-state index in [0.29, 0.717) is 11.4 Å².